The van der Waals surface area contributed by atoms with Crippen LogP contribution < -0.4 is 0 Å². The van der Waals surface area contributed by atoms with Crippen molar-refractivity contribution in [3.63, 3.8) is 0 Å². The lowest BCUT2D eigenvalue weighted by Crippen LogP contribution is -2.02. The van der Waals surface area contributed by atoms with Crippen LogP contribution in [0.3, 0.4) is 0 Å². The third kappa shape index (κ3) is 2.38. The van der Waals surface area contributed by atoms with E-state index < -0.39 is 5.97 Å². The number of rotatable bonds is 3. The summed E-state index contributed by atoms with van der Waals surface area (Å²) in [6.07, 6.45) is 0. The summed E-state index contributed by atoms with van der Waals surface area (Å²) in [5.41, 5.74) is 4.61. The summed E-state index contributed by atoms with van der Waals surface area (Å²) in [4.78, 5) is 11.2. The molecule has 4 heteroatoms. The minimum atomic E-state index is -0.905. The average Bonchev–Trinajstić information content (AvgIpc) is 2.74. The van der Waals surface area contributed by atoms with Crippen molar-refractivity contribution >= 4 is 28.5 Å². The van der Waals surface area contributed by atoms with Gasteiger partial charge in [0, 0.05) is 28.2 Å². The first-order valence-corrected chi connectivity index (χ1v) is 7.43. The summed E-state index contributed by atoms with van der Waals surface area (Å²) in [6, 6.07) is 13.0. The minimum absolute atomic E-state index is 0.311. The molecule has 0 aliphatic heterocycles. The Balaban J connectivity index is 2.16. The van der Waals surface area contributed by atoms with Gasteiger partial charge in [-0.1, -0.05) is 29.8 Å². The summed E-state index contributed by atoms with van der Waals surface area (Å²) in [7, 11) is 0. The maximum Gasteiger partial charge on any atom is 0.335 e. The molecule has 1 aromatic heterocycles. The topological polar surface area (TPSA) is 42.2 Å². The highest BCUT2D eigenvalue weighted by Gasteiger charge is 2.14. The predicted molar refractivity (Wildman–Crippen MR) is 88.9 cm³/mol. The summed E-state index contributed by atoms with van der Waals surface area (Å²) in [6.45, 7) is 4.74. The maximum atomic E-state index is 11.2. The van der Waals surface area contributed by atoms with Crippen molar-refractivity contribution in [1.29, 1.82) is 0 Å². The van der Waals surface area contributed by atoms with E-state index in [0.29, 0.717) is 12.1 Å². The van der Waals surface area contributed by atoms with E-state index in [1.807, 2.05) is 44.2 Å². The lowest BCUT2D eigenvalue weighted by atomic mass is 10.1. The lowest BCUT2D eigenvalue weighted by molar-refractivity contribution is 0.0697. The lowest BCUT2D eigenvalue weighted by Gasteiger charge is -2.10. The van der Waals surface area contributed by atoms with Gasteiger partial charge in [-0.05, 0) is 49.2 Å². The SMILES string of the molecule is Cc1c(C)n(Cc2ccccc2Cl)c2ccc(C(=O)O)cc12. The molecule has 0 aliphatic rings. The van der Waals surface area contributed by atoms with Crippen LogP contribution in [0.15, 0.2) is 42.5 Å². The highest BCUT2D eigenvalue weighted by atomic mass is 35.5. The molecule has 3 aromatic rings. The van der Waals surface area contributed by atoms with Gasteiger partial charge in [0.25, 0.3) is 0 Å². The minimum Gasteiger partial charge on any atom is -0.478 e. The average molecular weight is 314 g/mol. The number of carbonyl (C=O) groups is 1. The van der Waals surface area contributed by atoms with Crippen LogP contribution in [-0.4, -0.2) is 15.6 Å². The molecule has 1 N–H and O–H groups in total. The Morgan fingerprint density at radius 1 is 1.18 bits per heavy atom. The Labute approximate surface area is 133 Å². The van der Waals surface area contributed by atoms with E-state index >= 15 is 0 Å². The number of nitrogens with zero attached hydrogens (tertiary/aromatic N) is 1. The van der Waals surface area contributed by atoms with Crippen LogP contribution in [0.2, 0.25) is 5.02 Å². The first kappa shape index (κ1) is 14.7. The highest BCUT2D eigenvalue weighted by molar-refractivity contribution is 6.31. The fraction of sp³-hybridized carbons (Fsp3) is 0.167. The van der Waals surface area contributed by atoms with Gasteiger partial charge in [0.2, 0.25) is 0 Å². The van der Waals surface area contributed by atoms with Crippen molar-refractivity contribution in [2.24, 2.45) is 0 Å². The van der Waals surface area contributed by atoms with E-state index in [2.05, 4.69) is 4.57 Å². The maximum absolute atomic E-state index is 11.2. The summed E-state index contributed by atoms with van der Waals surface area (Å²) >= 11 is 6.26. The molecule has 3 rings (SSSR count). The molecule has 22 heavy (non-hydrogen) atoms. The van der Waals surface area contributed by atoms with Crippen LogP contribution in [0.25, 0.3) is 10.9 Å². The highest BCUT2D eigenvalue weighted by Crippen LogP contribution is 2.28. The number of hydrogen-bond donors (Lipinski definition) is 1. The summed E-state index contributed by atoms with van der Waals surface area (Å²) in [5, 5.41) is 10.9. The normalized spacial score (nSPS) is 11.0. The van der Waals surface area contributed by atoms with Crippen molar-refractivity contribution in [3.8, 4) is 0 Å². The molecule has 1 heterocycles. The van der Waals surface area contributed by atoms with Gasteiger partial charge in [0.15, 0.2) is 0 Å². The Kier molecular flexibility index (Phi) is 3.67. The zero-order valence-corrected chi connectivity index (χ0v) is 13.2. The molecule has 2 aromatic carbocycles. The third-order valence-corrected chi connectivity index (χ3v) is 4.54. The van der Waals surface area contributed by atoms with E-state index in [1.165, 1.54) is 0 Å². The number of aromatic nitrogens is 1. The van der Waals surface area contributed by atoms with Crippen LogP contribution in [0.4, 0.5) is 0 Å². The fourth-order valence-electron chi connectivity index (χ4n) is 2.78. The third-order valence-electron chi connectivity index (χ3n) is 4.17. The summed E-state index contributed by atoms with van der Waals surface area (Å²) in [5.74, 6) is -0.905. The molecule has 0 saturated carbocycles. The second-order valence-electron chi connectivity index (χ2n) is 5.43. The molecule has 0 bridgehead atoms. The number of aromatic carboxylic acids is 1. The van der Waals surface area contributed by atoms with Gasteiger partial charge in [0.05, 0.1) is 5.56 Å². The quantitative estimate of drug-likeness (QED) is 0.764. The molecule has 0 aliphatic carbocycles. The van der Waals surface area contributed by atoms with E-state index in [9.17, 15) is 4.79 Å². The van der Waals surface area contributed by atoms with Gasteiger partial charge >= 0.3 is 5.97 Å². The van der Waals surface area contributed by atoms with Crippen molar-refractivity contribution in [3.05, 3.63) is 69.9 Å². The molecular weight excluding hydrogens is 298 g/mol. The second kappa shape index (κ2) is 5.50. The zero-order chi connectivity index (χ0) is 15.9. The molecule has 0 radical (unpaired) electrons. The van der Waals surface area contributed by atoms with Gasteiger partial charge in [-0.3, -0.25) is 0 Å². The molecule has 112 valence electrons. The van der Waals surface area contributed by atoms with Gasteiger partial charge in [-0.15, -0.1) is 0 Å². The van der Waals surface area contributed by atoms with Crippen LogP contribution in [0, 0.1) is 13.8 Å². The first-order valence-electron chi connectivity index (χ1n) is 7.05. The van der Waals surface area contributed by atoms with Crippen molar-refractivity contribution in [2.75, 3.05) is 0 Å². The second-order valence-corrected chi connectivity index (χ2v) is 5.83. The number of aryl methyl sites for hydroxylation is 1. The Hall–Kier alpha value is -2.26. The van der Waals surface area contributed by atoms with Crippen LogP contribution in [-0.2, 0) is 6.54 Å². The molecular formula is C18H16ClNO2. The smallest absolute Gasteiger partial charge is 0.335 e. The van der Waals surface area contributed by atoms with Gasteiger partial charge in [0.1, 0.15) is 0 Å². The van der Waals surface area contributed by atoms with Crippen molar-refractivity contribution < 1.29 is 9.90 Å². The van der Waals surface area contributed by atoms with Gasteiger partial charge in [-0.25, -0.2) is 4.79 Å². The van der Waals surface area contributed by atoms with Crippen LogP contribution >= 0.6 is 11.6 Å². The molecule has 0 fully saturated rings. The standard InChI is InChI=1S/C18H16ClNO2/c1-11-12(2)20(10-14-5-3-4-6-16(14)19)17-8-7-13(18(21)22)9-15(11)17/h3-9H,10H2,1-2H3,(H,21,22). The molecule has 0 amide bonds. The predicted octanol–water partition coefficient (Wildman–Crippen LogP) is 4.66. The molecule has 0 atom stereocenters. The number of carboxylic acid groups (broad SMARTS) is 1. The largest absolute Gasteiger partial charge is 0.478 e. The Morgan fingerprint density at radius 3 is 2.59 bits per heavy atom. The number of carboxylic acids is 1. The fourth-order valence-corrected chi connectivity index (χ4v) is 2.98. The van der Waals surface area contributed by atoms with Gasteiger partial charge < -0.3 is 9.67 Å². The van der Waals surface area contributed by atoms with Crippen LogP contribution in [0.1, 0.15) is 27.2 Å². The first-order chi connectivity index (χ1) is 10.5. The molecule has 0 unspecified atom stereocenters. The summed E-state index contributed by atoms with van der Waals surface area (Å²) < 4.78 is 2.18. The molecule has 3 nitrogen and oxygen atoms in total. The Bertz CT molecular complexity index is 880. The molecule has 0 spiro atoms. The van der Waals surface area contributed by atoms with E-state index in [0.717, 1.165) is 32.7 Å². The zero-order valence-electron chi connectivity index (χ0n) is 12.4. The number of benzene rings is 2. The van der Waals surface area contributed by atoms with Crippen molar-refractivity contribution in [2.45, 2.75) is 20.4 Å². The molecule has 0 saturated heterocycles. The number of halogens is 1. The van der Waals surface area contributed by atoms with E-state index in [1.54, 1.807) is 12.1 Å². The monoisotopic (exact) mass is 313 g/mol. The van der Waals surface area contributed by atoms with E-state index in [-0.39, 0.29) is 0 Å². The Morgan fingerprint density at radius 2 is 1.91 bits per heavy atom. The van der Waals surface area contributed by atoms with Gasteiger partial charge in [-0.2, -0.15) is 0 Å². The van der Waals surface area contributed by atoms with Crippen molar-refractivity contribution in [1.82, 2.24) is 4.57 Å². The number of hydrogen-bond acceptors (Lipinski definition) is 1. The van der Waals surface area contributed by atoms with Crippen LogP contribution in [0.5, 0.6) is 0 Å². The van der Waals surface area contributed by atoms with E-state index in [4.69, 9.17) is 16.7 Å². The number of fused-ring (bicyclic) bond motifs is 1.